The van der Waals surface area contributed by atoms with E-state index in [0.717, 1.165) is 33.3 Å². The second kappa shape index (κ2) is 6.63. The van der Waals surface area contributed by atoms with Crippen molar-refractivity contribution < 1.29 is 4.74 Å². The highest BCUT2D eigenvalue weighted by Crippen LogP contribution is 2.32. The molecular weight excluding hydrogens is 386 g/mol. The molecule has 0 radical (unpaired) electrons. The van der Waals surface area contributed by atoms with Crippen LogP contribution < -0.4 is 10.5 Å². The van der Waals surface area contributed by atoms with E-state index in [-0.39, 0.29) is 0 Å². The van der Waals surface area contributed by atoms with Crippen molar-refractivity contribution in [3.8, 4) is 5.75 Å². The lowest BCUT2D eigenvalue weighted by atomic mass is 10.3. The van der Waals surface area contributed by atoms with E-state index >= 15 is 0 Å². The molecule has 0 unspecified atom stereocenters. The van der Waals surface area contributed by atoms with Crippen molar-refractivity contribution in [2.24, 2.45) is 0 Å². The molecule has 0 aliphatic rings. The zero-order valence-electron chi connectivity index (χ0n) is 11.5. The monoisotopic (exact) mass is 401 g/mol. The predicted molar refractivity (Wildman–Crippen MR) is 87.9 cm³/mol. The lowest BCUT2D eigenvalue weighted by molar-refractivity contribution is 0.291. The van der Waals surface area contributed by atoms with Gasteiger partial charge >= 0.3 is 0 Å². The van der Waals surface area contributed by atoms with Crippen LogP contribution in [0.3, 0.4) is 0 Å². The minimum atomic E-state index is 0.425. The Morgan fingerprint density at radius 3 is 2.65 bits per heavy atom. The third kappa shape index (κ3) is 3.01. The third-order valence-electron chi connectivity index (χ3n) is 3.04. The second-order valence-corrected chi connectivity index (χ2v) is 5.97. The number of nitrogens with two attached hydrogens (primary N) is 1. The van der Waals surface area contributed by atoms with Gasteiger partial charge in [-0.2, -0.15) is 5.10 Å². The molecule has 0 fully saturated rings. The maximum atomic E-state index is 5.94. The molecular formula is C14H17Br2N3O. The Labute approximate surface area is 135 Å². The fraction of sp³-hybridized carbons (Fsp3) is 0.357. The van der Waals surface area contributed by atoms with Gasteiger partial charge in [0.05, 0.1) is 26.0 Å². The average molecular weight is 403 g/mol. The molecule has 1 aromatic heterocycles. The summed E-state index contributed by atoms with van der Waals surface area (Å²) < 4.78 is 9.70. The van der Waals surface area contributed by atoms with Gasteiger partial charge in [0, 0.05) is 6.54 Å². The summed E-state index contributed by atoms with van der Waals surface area (Å²) in [5.41, 5.74) is 8.63. The molecule has 2 rings (SSSR count). The summed E-state index contributed by atoms with van der Waals surface area (Å²) in [5, 5.41) is 4.55. The summed E-state index contributed by atoms with van der Waals surface area (Å²) in [6.07, 6.45) is 0.887. The van der Waals surface area contributed by atoms with Crippen molar-refractivity contribution in [3.63, 3.8) is 0 Å². The number of nitrogens with zero attached hydrogens (tertiary/aromatic N) is 2. The van der Waals surface area contributed by atoms with Crippen LogP contribution in [-0.4, -0.2) is 9.78 Å². The van der Waals surface area contributed by atoms with E-state index in [9.17, 15) is 0 Å². The number of hydrogen-bond donors (Lipinski definition) is 1. The lowest BCUT2D eigenvalue weighted by Gasteiger charge is -2.12. The minimum Gasteiger partial charge on any atom is -0.484 e. The van der Waals surface area contributed by atoms with E-state index < -0.39 is 0 Å². The van der Waals surface area contributed by atoms with Crippen molar-refractivity contribution in [2.75, 3.05) is 5.73 Å². The van der Waals surface area contributed by atoms with Crippen molar-refractivity contribution >= 4 is 37.5 Å². The van der Waals surface area contributed by atoms with E-state index in [0.29, 0.717) is 18.0 Å². The number of hydrogen-bond acceptors (Lipinski definition) is 3. The smallest absolute Gasteiger partial charge is 0.156 e. The Bertz CT molecular complexity index is 590. The number of nitrogen functional groups attached to an aromatic ring is 1. The number of benzene rings is 1. The molecule has 2 N–H and O–H groups in total. The second-order valence-electron chi connectivity index (χ2n) is 4.32. The van der Waals surface area contributed by atoms with Crippen LogP contribution in [-0.2, 0) is 19.6 Å². The zero-order chi connectivity index (χ0) is 14.7. The van der Waals surface area contributed by atoms with Gasteiger partial charge in [-0.1, -0.05) is 13.0 Å². The Hall–Kier alpha value is -1.01. The fourth-order valence-corrected chi connectivity index (χ4v) is 3.15. The van der Waals surface area contributed by atoms with E-state index in [1.54, 1.807) is 0 Å². The van der Waals surface area contributed by atoms with Gasteiger partial charge in [0.25, 0.3) is 0 Å². The molecule has 0 atom stereocenters. The van der Waals surface area contributed by atoms with Crippen molar-refractivity contribution in [3.05, 3.63) is 38.5 Å². The molecule has 0 aliphatic heterocycles. The van der Waals surface area contributed by atoms with Gasteiger partial charge in [0.15, 0.2) is 5.75 Å². The number of anilines is 1. The minimum absolute atomic E-state index is 0.425. The number of ether oxygens (including phenoxy) is 1. The molecule has 0 spiro atoms. The summed E-state index contributed by atoms with van der Waals surface area (Å²) in [6, 6.07) is 5.62. The maximum absolute atomic E-state index is 5.94. The van der Waals surface area contributed by atoms with Crippen LogP contribution in [0.1, 0.15) is 25.2 Å². The van der Waals surface area contributed by atoms with Gasteiger partial charge in [-0.3, -0.25) is 4.68 Å². The molecule has 6 heteroatoms. The topological polar surface area (TPSA) is 53.1 Å². The number of aromatic nitrogens is 2. The van der Waals surface area contributed by atoms with Gasteiger partial charge in [-0.15, -0.1) is 0 Å². The van der Waals surface area contributed by atoms with E-state index in [2.05, 4.69) is 50.8 Å². The lowest BCUT2D eigenvalue weighted by Crippen LogP contribution is -2.07. The number of aryl methyl sites for hydroxylation is 2. The Morgan fingerprint density at radius 1 is 1.30 bits per heavy atom. The highest BCUT2D eigenvalue weighted by molar-refractivity contribution is 9.10. The van der Waals surface area contributed by atoms with Gasteiger partial charge in [0.2, 0.25) is 0 Å². The van der Waals surface area contributed by atoms with Crippen LogP contribution in [0.25, 0.3) is 0 Å². The summed E-state index contributed by atoms with van der Waals surface area (Å²) in [4.78, 5) is 0. The summed E-state index contributed by atoms with van der Waals surface area (Å²) in [5.74, 6) is 0.668. The van der Waals surface area contributed by atoms with Crippen LogP contribution in [0.2, 0.25) is 0 Å². The van der Waals surface area contributed by atoms with E-state index in [1.807, 2.05) is 22.9 Å². The first kappa shape index (κ1) is 15.4. The van der Waals surface area contributed by atoms with Gasteiger partial charge in [-0.05, 0) is 57.3 Å². The number of rotatable bonds is 5. The molecule has 0 saturated carbocycles. The molecule has 0 bridgehead atoms. The SMILES string of the molecule is CCc1nn(CC)c(COc2c(N)cccc2Br)c1Br. The standard InChI is InChI=1S/C14H17Br2N3O/c1-3-11-13(16)12(19(4-2)18-11)8-20-14-9(15)6-5-7-10(14)17/h5-7H,3-4,8,17H2,1-2H3. The molecule has 20 heavy (non-hydrogen) atoms. The van der Waals surface area contributed by atoms with E-state index in [4.69, 9.17) is 10.5 Å². The van der Waals surface area contributed by atoms with Crippen molar-refractivity contribution in [2.45, 2.75) is 33.4 Å². The summed E-state index contributed by atoms with van der Waals surface area (Å²) in [6.45, 7) is 5.38. The normalized spacial score (nSPS) is 10.8. The molecule has 1 aromatic carbocycles. The molecule has 0 saturated heterocycles. The predicted octanol–water partition coefficient (Wildman–Crippen LogP) is 4.15. The fourth-order valence-electron chi connectivity index (χ4n) is 1.97. The van der Waals surface area contributed by atoms with Gasteiger partial charge in [0.1, 0.15) is 6.61 Å². The van der Waals surface area contributed by atoms with Crippen LogP contribution >= 0.6 is 31.9 Å². The molecule has 0 aliphatic carbocycles. The van der Waals surface area contributed by atoms with Crippen LogP contribution in [0.15, 0.2) is 27.1 Å². The first-order chi connectivity index (χ1) is 9.58. The largest absolute Gasteiger partial charge is 0.484 e. The quantitative estimate of drug-likeness (QED) is 0.764. The van der Waals surface area contributed by atoms with E-state index in [1.165, 1.54) is 0 Å². The maximum Gasteiger partial charge on any atom is 0.156 e. The first-order valence-corrected chi connectivity index (χ1v) is 8.07. The third-order valence-corrected chi connectivity index (χ3v) is 4.58. The van der Waals surface area contributed by atoms with Crippen LogP contribution in [0.5, 0.6) is 5.75 Å². The van der Waals surface area contributed by atoms with Crippen LogP contribution in [0.4, 0.5) is 5.69 Å². The van der Waals surface area contributed by atoms with Gasteiger partial charge in [-0.25, -0.2) is 0 Å². The Balaban J connectivity index is 2.25. The molecule has 0 amide bonds. The summed E-state index contributed by atoms with van der Waals surface area (Å²) >= 11 is 7.06. The highest BCUT2D eigenvalue weighted by Gasteiger charge is 2.15. The molecule has 1 heterocycles. The Morgan fingerprint density at radius 2 is 2.05 bits per heavy atom. The first-order valence-electron chi connectivity index (χ1n) is 6.49. The number of para-hydroxylation sites is 1. The molecule has 108 valence electrons. The highest BCUT2D eigenvalue weighted by atomic mass is 79.9. The van der Waals surface area contributed by atoms with Crippen LogP contribution in [0, 0.1) is 0 Å². The summed E-state index contributed by atoms with van der Waals surface area (Å²) in [7, 11) is 0. The zero-order valence-corrected chi connectivity index (χ0v) is 14.7. The van der Waals surface area contributed by atoms with Crippen molar-refractivity contribution in [1.82, 2.24) is 9.78 Å². The molecule has 4 nitrogen and oxygen atoms in total. The average Bonchev–Trinajstić information content (AvgIpc) is 2.74. The van der Waals surface area contributed by atoms with Crippen molar-refractivity contribution in [1.29, 1.82) is 0 Å². The van der Waals surface area contributed by atoms with Gasteiger partial charge < -0.3 is 10.5 Å². The molecule has 2 aromatic rings. The Kier molecular flexibility index (Phi) is 5.10. The number of halogens is 2.